The molecule has 0 amide bonds. The minimum Gasteiger partial charge on any atom is -0.313 e. The van der Waals surface area contributed by atoms with E-state index in [4.69, 9.17) is 11.6 Å². The molecule has 0 fully saturated rings. The second-order valence-electron chi connectivity index (χ2n) is 4.46. The minimum atomic E-state index is -0.282. The summed E-state index contributed by atoms with van der Waals surface area (Å²) in [5.74, 6) is -0.282. The molecule has 0 radical (unpaired) electrons. The van der Waals surface area contributed by atoms with Gasteiger partial charge in [-0.25, -0.2) is 4.39 Å². The van der Waals surface area contributed by atoms with Crippen molar-refractivity contribution in [2.75, 3.05) is 6.54 Å². The maximum Gasteiger partial charge on any atom is 0.132 e. The van der Waals surface area contributed by atoms with E-state index in [0.717, 1.165) is 30.6 Å². The Kier molecular flexibility index (Phi) is 4.94. The summed E-state index contributed by atoms with van der Waals surface area (Å²) >= 11 is 5.79. The summed E-state index contributed by atoms with van der Waals surface area (Å²) < 4.78 is 14.0. The molecule has 0 aromatic heterocycles. The number of nitrogens with one attached hydrogen (secondary N) is 1. The molecule has 1 N–H and O–H groups in total. The lowest BCUT2D eigenvalue weighted by atomic mass is 9.99. The highest BCUT2D eigenvalue weighted by atomic mass is 35.5. The van der Waals surface area contributed by atoms with Gasteiger partial charge in [0, 0.05) is 17.1 Å². The molecule has 2 aromatic carbocycles. The van der Waals surface area contributed by atoms with Crippen LogP contribution in [0.5, 0.6) is 0 Å². The molecule has 0 spiro atoms. The summed E-state index contributed by atoms with van der Waals surface area (Å²) in [6.07, 6.45) is 1.08. The number of rotatable bonds is 5. The van der Waals surface area contributed by atoms with Gasteiger partial charge >= 0.3 is 0 Å². The average Bonchev–Trinajstić information content (AvgIpc) is 2.40. The molecule has 0 saturated heterocycles. The monoisotopic (exact) mass is 277 g/mol. The molecular formula is C16H17ClFN. The van der Waals surface area contributed by atoms with Gasteiger partial charge in [0.25, 0.3) is 0 Å². The molecule has 3 heteroatoms. The van der Waals surface area contributed by atoms with E-state index in [9.17, 15) is 4.39 Å². The van der Waals surface area contributed by atoms with Gasteiger partial charge in [-0.05, 0) is 42.3 Å². The van der Waals surface area contributed by atoms with Crippen LogP contribution >= 0.6 is 11.6 Å². The molecule has 0 aliphatic heterocycles. The molecule has 0 aliphatic rings. The Bertz CT molecular complexity index is 554. The van der Waals surface area contributed by atoms with Crippen molar-refractivity contribution in [3.63, 3.8) is 0 Å². The summed E-state index contributed by atoms with van der Waals surface area (Å²) in [4.78, 5) is 0. The zero-order valence-corrected chi connectivity index (χ0v) is 11.7. The fourth-order valence-electron chi connectivity index (χ4n) is 2.04. The van der Waals surface area contributed by atoms with Gasteiger partial charge < -0.3 is 5.32 Å². The average molecular weight is 278 g/mol. The lowest BCUT2D eigenvalue weighted by Crippen LogP contribution is -2.14. The van der Waals surface area contributed by atoms with Crippen molar-refractivity contribution in [1.29, 1.82) is 0 Å². The lowest BCUT2D eigenvalue weighted by molar-refractivity contribution is 0.630. The second-order valence-corrected chi connectivity index (χ2v) is 4.89. The molecule has 2 aromatic rings. The van der Waals surface area contributed by atoms with Crippen molar-refractivity contribution in [2.45, 2.75) is 19.9 Å². The maximum absolute atomic E-state index is 14.0. The van der Waals surface area contributed by atoms with Crippen LogP contribution < -0.4 is 5.32 Å². The van der Waals surface area contributed by atoms with E-state index in [1.54, 1.807) is 12.1 Å². The number of hydrogen-bond donors (Lipinski definition) is 1. The number of benzene rings is 2. The first kappa shape index (κ1) is 14.0. The Morgan fingerprint density at radius 3 is 2.63 bits per heavy atom. The van der Waals surface area contributed by atoms with Gasteiger partial charge in [-0.3, -0.25) is 0 Å². The molecule has 2 rings (SSSR count). The Balaban J connectivity index is 2.33. The van der Waals surface area contributed by atoms with Gasteiger partial charge in [0.1, 0.15) is 5.82 Å². The van der Waals surface area contributed by atoms with E-state index < -0.39 is 0 Å². The SMILES string of the molecule is CCCNCc1ccccc1-c1ccc(Cl)cc1F. The van der Waals surface area contributed by atoms with Crippen LogP contribution in [-0.2, 0) is 6.54 Å². The van der Waals surface area contributed by atoms with Crippen molar-refractivity contribution in [3.8, 4) is 11.1 Å². The van der Waals surface area contributed by atoms with Crippen LogP contribution in [-0.4, -0.2) is 6.54 Å². The molecule has 0 atom stereocenters. The van der Waals surface area contributed by atoms with Gasteiger partial charge in [0.15, 0.2) is 0 Å². The molecule has 1 nitrogen and oxygen atoms in total. The lowest BCUT2D eigenvalue weighted by Gasteiger charge is -2.11. The highest BCUT2D eigenvalue weighted by molar-refractivity contribution is 6.30. The topological polar surface area (TPSA) is 12.0 Å². The molecule has 0 aliphatic carbocycles. The highest BCUT2D eigenvalue weighted by Gasteiger charge is 2.09. The quantitative estimate of drug-likeness (QED) is 0.785. The first-order valence-electron chi connectivity index (χ1n) is 6.46. The van der Waals surface area contributed by atoms with Gasteiger partial charge in [-0.2, -0.15) is 0 Å². The van der Waals surface area contributed by atoms with Crippen LogP contribution in [0.4, 0.5) is 4.39 Å². The normalized spacial score (nSPS) is 10.7. The van der Waals surface area contributed by atoms with E-state index >= 15 is 0 Å². The van der Waals surface area contributed by atoms with E-state index in [2.05, 4.69) is 12.2 Å². The second kappa shape index (κ2) is 6.69. The van der Waals surface area contributed by atoms with Crippen molar-refractivity contribution < 1.29 is 4.39 Å². The standard InChI is InChI=1S/C16H17ClFN/c1-2-9-19-11-12-5-3-4-6-14(12)15-8-7-13(17)10-16(15)18/h3-8,10,19H,2,9,11H2,1H3. The first-order valence-corrected chi connectivity index (χ1v) is 6.84. The fraction of sp³-hybridized carbons (Fsp3) is 0.250. The zero-order chi connectivity index (χ0) is 13.7. The predicted molar refractivity (Wildman–Crippen MR) is 78.8 cm³/mol. The first-order chi connectivity index (χ1) is 9.22. The third-order valence-electron chi connectivity index (χ3n) is 2.98. The van der Waals surface area contributed by atoms with Crippen LogP contribution in [0.2, 0.25) is 5.02 Å². The summed E-state index contributed by atoms with van der Waals surface area (Å²) in [6, 6.07) is 12.7. The third kappa shape index (κ3) is 3.55. The number of hydrogen-bond acceptors (Lipinski definition) is 1. The molecule has 0 heterocycles. The van der Waals surface area contributed by atoms with E-state index in [1.807, 2.05) is 24.3 Å². The predicted octanol–water partition coefficient (Wildman–Crippen LogP) is 4.65. The van der Waals surface area contributed by atoms with Crippen LogP contribution in [0, 0.1) is 5.82 Å². The molecule has 0 bridgehead atoms. The van der Waals surface area contributed by atoms with Gasteiger partial charge in [-0.1, -0.05) is 42.8 Å². The van der Waals surface area contributed by atoms with E-state index in [0.29, 0.717) is 10.6 Å². The maximum atomic E-state index is 14.0. The number of halogens is 2. The minimum absolute atomic E-state index is 0.282. The summed E-state index contributed by atoms with van der Waals surface area (Å²) in [6.45, 7) is 3.82. The van der Waals surface area contributed by atoms with Gasteiger partial charge in [0.05, 0.1) is 0 Å². The molecule has 0 unspecified atom stereocenters. The molecule has 0 saturated carbocycles. The van der Waals surface area contributed by atoms with Crippen LogP contribution in [0.3, 0.4) is 0 Å². The Hall–Kier alpha value is -1.38. The van der Waals surface area contributed by atoms with Crippen molar-refractivity contribution in [2.24, 2.45) is 0 Å². The Morgan fingerprint density at radius 2 is 1.89 bits per heavy atom. The summed E-state index contributed by atoms with van der Waals surface area (Å²) in [7, 11) is 0. The van der Waals surface area contributed by atoms with E-state index in [-0.39, 0.29) is 5.82 Å². The highest BCUT2D eigenvalue weighted by Crippen LogP contribution is 2.28. The molecular weight excluding hydrogens is 261 g/mol. The van der Waals surface area contributed by atoms with Crippen molar-refractivity contribution in [1.82, 2.24) is 5.32 Å². The summed E-state index contributed by atoms with van der Waals surface area (Å²) in [5.41, 5.74) is 2.61. The van der Waals surface area contributed by atoms with Crippen LogP contribution in [0.15, 0.2) is 42.5 Å². The van der Waals surface area contributed by atoms with Gasteiger partial charge in [-0.15, -0.1) is 0 Å². The largest absolute Gasteiger partial charge is 0.313 e. The molecule has 19 heavy (non-hydrogen) atoms. The van der Waals surface area contributed by atoms with Crippen LogP contribution in [0.1, 0.15) is 18.9 Å². The summed E-state index contributed by atoms with van der Waals surface area (Å²) in [5, 5.41) is 3.76. The Labute approximate surface area is 118 Å². The zero-order valence-electron chi connectivity index (χ0n) is 10.9. The van der Waals surface area contributed by atoms with E-state index in [1.165, 1.54) is 6.07 Å². The van der Waals surface area contributed by atoms with Crippen molar-refractivity contribution in [3.05, 3.63) is 58.9 Å². The smallest absolute Gasteiger partial charge is 0.132 e. The van der Waals surface area contributed by atoms with Crippen molar-refractivity contribution >= 4 is 11.6 Å². The Morgan fingerprint density at radius 1 is 1.11 bits per heavy atom. The third-order valence-corrected chi connectivity index (χ3v) is 3.22. The van der Waals surface area contributed by atoms with Gasteiger partial charge in [0.2, 0.25) is 0 Å². The molecule has 100 valence electrons. The van der Waals surface area contributed by atoms with Crippen LogP contribution in [0.25, 0.3) is 11.1 Å². The fourth-order valence-corrected chi connectivity index (χ4v) is 2.20.